The van der Waals surface area contributed by atoms with E-state index in [-0.39, 0.29) is 11.5 Å². The molecule has 3 rings (SSSR count). The molecule has 0 aliphatic heterocycles. The Balaban J connectivity index is 2.21. The first-order valence-electron chi connectivity index (χ1n) is 6.38. The monoisotopic (exact) mass is 280 g/mol. The second-order valence-electron chi connectivity index (χ2n) is 4.61. The lowest BCUT2D eigenvalue weighted by Crippen LogP contribution is -2.08. The Morgan fingerprint density at radius 2 is 1.90 bits per heavy atom. The van der Waals surface area contributed by atoms with Crippen molar-refractivity contribution in [1.29, 1.82) is 0 Å². The van der Waals surface area contributed by atoms with Crippen LogP contribution in [0, 0.1) is 11.8 Å². The zero-order chi connectivity index (χ0) is 14.8. The zero-order valence-electron chi connectivity index (χ0n) is 11.3. The molecule has 0 bridgehead atoms. The Labute approximate surface area is 119 Å². The van der Waals surface area contributed by atoms with Crippen LogP contribution in [-0.4, -0.2) is 9.97 Å². The summed E-state index contributed by atoms with van der Waals surface area (Å²) in [5.41, 5.74) is 1.31. The molecule has 2 N–H and O–H groups in total. The highest BCUT2D eigenvalue weighted by Gasteiger charge is 2.13. The van der Waals surface area contributed by atoms with E-state index in [2.05, 4.69) is 20.5 Å². The number of rotatable bonds is 3. The molecule has 104 valence electrons. The van der Waals surface area contributed by atoms with Gasteiger partial charge in [-0.25, -0.2) is 4.98 Å². The highest BCUT2D eigenvalue weighted by atomic mass is 16.3. The SMILES string of the molecule is Cc1ccc2c(=O)c(N=O)c(Nc3ccccc3)[nH]c2n1. The summed E-state index contributed by atoms with van der Waals surface area (Å²) in [5, 5.41) is 6.18. The zero-order valence-corrected chi connectivity index (χ0v) is 11.3. The lowest BCUT2D eigenvalue weighted by Gasteiger charge is -2.09. The number of nitrogens with zero attached hydrogens (tertiary/aromatic N) is 2. The van der Waals surface area contributed by atoms with E-state index in [1.807, 2.05) is 37.3 Å². The van der Waals surface area contributed by atoms with Crippen LogP contribution >= 0.6 is 0 Å². The fraction of sp³-hybridized carbons (Fsp3) is 0.0667. The summed E-state index contributed by atoms with van der Waals surface area (Å²) in [5.74, 6) is 0.242. The number of aromatic amines is 1. The molecule has 0 fully saturated rings. The van der Waals surface area contributed by atoms with Crippen molar-refractivity contribution in [3.8, 4) is 0 Å². The summed E-state index contributed by atoms with van der Waals surface area (Å²) in [7, 11) is 0. The maximum Gasteiger partial charge on any atom is 0.222 e. The van der Waals surface area contributed by atoms with Gasteiger partial charge in [0.2, 0.25) is 5.43 Å². The van der Waals surface area contributed by atoms with Crippen LogP contribution in [0.2, 0.25) is 0 Å². The second kappa shape index (κ2) is 5.16. The molecular weight excluding hydrogens is 268 g/mol. The first kappa shape index (κ1) is 13.0. The van der Waals surface area contributed by atoms with E-state index < -0.39 is 5.43 Å². The molecule has 0 radical (unpaired) electrons. The van der Waals surface area contributed by atoms with E-state index in [0.717, 1.165) is 11.4 Å². The van der Waals surface area contributed by atoms with E-state index in [4.69, 9.17) is 0 Å². The van der Waals surface area contributed by atoms with Crippen LogP contribution in [0.5, 0.6) is 0 Å². The standard InChI is InChI=1S/C15H12N4O2/c1-9-7-8-11-13(20)12(19-21)15(18-14(11)16-9)17-10-5-3-2-4-6-10/h2-8H,1H3,(H2,16,17,18,20). The van der Waals surface area contributed by atoms with Crippen molar-refractivity contribution in [3.05, 3.63) is 63.3 Å². The summed E-state index contributed by atoms with van der Waals surface area (Å²) in [4.78, 5) is 30.5. The van der Waals surface area contributed by atoms with Gasteiger partial charge in [-0.1, -0.05) is 18.2 Å². The number of hydrogen-bond acceptors (Lipinski definition) is 5. The number of para-hydroxylation sites is 1. The molecule has 0 aliphatic rings. The van der Waals surface area contributed by atoms with Crippen molar-refractivity contribution in [2.24, 2.45) is 5.18 Å². The van der Waals surface area contributed by atoms with E-state index in [1.165, 1.54) is 0 Å². The fourth-order valence-corrected chi connectivity index (χ4v) is 2.10. The smallest absolute Gasteiger partial charge is 0.222 e. The first-order chi connectivity index (χ1) is 10.2. The van der Waals surface area contributed by atoms with Crippen LogP contribution in [0.3, 0.4) is 0 Å². The molecule has 0 unspecified atom stereocenters. The third-order valence-corrected chi connectivity index (χ3v) is 3.11. The summed E-state index contributed by atoms with van der Waals surface area (Å²) >= 11 is 0. The molecule has 0 amide bonds. The van der Waals surface area contributed by atoms with Gasteiger partial charge in [0, 0.05) is 11.4 Å². The van der Waals surface area contributed by atoms with Crippen LogP contribution in [0.1, 0.15) is 5.69 Å². The lowest BCUT2D eigenvalue weighted by molar-refractivity contribution is 1.19. The highest BCUT2D eigenvalue weighted by molar-refractivity contribution is 5.84. The van der Waals surface area contributed by atoms with Gasteiger partial charge < -0.3 is 10.3 Å². The number of pyridine rings is 2. The number of aromatic nitrogens is 2. The highest BCUT2D eigenvalue weighted by Crippen LogP contribution is 2.24. The lowest BCUT2D eigenvalue weighted by atomic mass is 10.2. The molecule has 0 saturated carbocycles. The molecule has 1 aromatic carbocycles. The Morgan fingerprint density at radius 3 is 2.62 bits per heavy atom. The van der Waals surface area contributed by atoms with Crippen molar-refractivity contribution in [2.45, 2.75) is 6.92 Å². The molecule has 0 saturated heterocycles. The number of hydrogen-bond donors (Lipinski definition) is 2. The third-order valence-electron chi connectivity index (χ3n) is 3.11. The minimum Gasteiger partial charge on any atom is -0.340 e. The molecule has 2 aromatic heterocycles. The van der Waals surface area contributed by atoms with Crippen molar-refractivity contribution < 1.29 is 0 Å². The quantitative estimate of drug-likeness (QED) is 0.720. The molecule has 6 heteroatoms. The molecule has 21 heavy (non-hydrogen) atoms. The average Bonchev–Trinajstić information content (AvgIpc) is 2.48. The summed E-state index contributed by atoms with van der Waals surface area (Å²) in [6.07, 6.45) is 0. The maximum atomic E-state index is 12.3. The summed E-state index contributed by atoms with van der Waals surface area (Å²) in [6.45, 7) is 1.83. The molecular formula is C15H12N4O2. The van der Waals surface area contributed by atoms with Gasteiger partial charge in [0.15, 0.2) is 5.69 Å². The summed E-state index contributed by atoms with van der Waals surface area (Å²) < 4.78 is 0. The molecule has 2 heterocycles. The second-order valence-corrected chi connectivity index (χ2v) is 4.61. The van der Waals surface area contributed by atoms with Gasteiger partial charge in [-0.15, -0.1) is 4.91 Å². The number of fused-ring (bicyclic) bond motifs is 1. The third kappa shape index (κ3) is 2.38. The molecule has 0 spiro atoms. The Morgan fingerprint density at radius 1 is 1.14 bits per heavy atom. The number of H-pyrrole nitrogens is 1. The average molecular weight is 280 g/mol. The summed E-state index contributed by atoms with van der Waals surface area (Å²) in [6, 6.07) is 12.6. The minimum atomic E-state index is -0.440. The van der Waals surface area contributed by atoms with Crippen molar-refractivity contribution >= 4 is 28.2 Å². The minimum absolute atomic E-state index is 0.183. The Bertz CT molecular complexity index is 872. The fourth-order valence-electron chi connectivity index (χ4n) is 2.10. The van der Waals surface area contributed by atoms with Gasteiger partial charge in [0.25, 0.3) is 0 Å². The maximum absolute atomic E-state index is 12.3. The van der Waals surface area contributed by atoms with Gasteiger partial charge in [0.05, 0.1) is 5.39 Å². The molecule has 0 aliphatic carbocycles. The van der Waals surface area contributed by atoms with E-state index in [0.29, 0.717) is 11.0 Å². The van der Waals surface area contributed by atoms with Gasteiger partial charge in [0.1, 0.15) is 11.5 Å². The van der Waals surface area contributed by atoms with Gasteiger partial charge in [-0.05, 0) is 36.4 Å². The van der Waals surface area contributed by atoms with Crippen molar-refractivity contribution in [2.75, 3.05) is 5.32 Å². The van der Waals surface area contributed by atoms with Crippen LogP contribution in [0.15, 0.2) is 52.4 Å². The van der Waals surface area contributed by atoms with Crippen molar-refractivity contribution in [1.82, 2.24) is 9.97 Å². The Hall–Kier alpha value is -3.02. The van der Waals surface area contributed by atoms with E-state index in [9.17, 15) is 9.70 Å². The Kier molecular flexibility index (Phi) is 3.19. The first-order valence-corrected chi connectivity index (χ1v) is 6.38. The topological polar surface area (TPSA) is 87.2 Å². The van der Waals surface area contributed by atoms with Crippen molar-refractivity contribution in [3.63, 3.8) is 0 Å². The molecule has 6 nitrogen and oxygen atoms in total. The predicted octanol–water partition coefficient (Wildman–Crippen LogP) is 3.37. The number of anilines is 2. The molecule has 3 aromatic rings. The van der Waals surface area contributed by atoms with Crippen LogP contribution in [0.4, 0.5) is 17.2 Å². The number of benzene rings is 1. The van der Waals surface area contributed by atoms with E-state index >= 15 is 0 Å². The van der Waals surface area contributed by atoms with E-state index in [1.54, 1.807) is 12.1 Å². The predicted molar refractivity (Wildman–Crippen MR) is 82.3 cm³/mol. The number of aryl methyl sites for hydroxylation is 1. The number of nitrogens with one attached hydrogen (secondary N) is 2. The van der Waals surface area contributed by atoms with Crippen LogP contribution in [0.25, 0.3) is 11.0 Å². The van der Waals surface area contributed by atoms with Crippen LogP contribution < -0.4 is 10.7 Å². The van der Waals surface area contributed by atoms with Gasteiger partial charge in [-0.3, -0.25) is 4.79 Å². The van der Waals surface area contributed by atoms with Gasteiger partial charge in [-0.2, -0.15) is 0 Å². The number of nitroso groups, excluding NO2 is 1. The molecule has 0 atom stereocenters. The normalized spacial score (nSPS) is 10.5. The van der Waals surface area contributed by atoms with Gasteiger partial charge >= 0.3 is 0 Å². The largest absolute Gasteiger partial charge is 0.340 e. The van der Waals surface area contributed by atoms with Crippen LogP contribution in [-0.2, 0) is 0 Å².